The van der Waals surface area contributed by atoms with E-state index in [2.05, 4.69) is 5.32 Å². The van der Waals surface area contributed by atoms with Crippen molar-refractivity contribution in [2.75, 3.05) is 6.54 Å². The maximum absolute atomic E-state index is 11.4. The van der Waals surface area contributed by atoms with E-state index in [0.717, 1.165) is 5.76 Å². The van der Waals surface area contributed by atoms with Gasteiger partial charge in [-0.3, -0.25) is 4.79 Å². The summed E-state index contributed by atoms with van der Waals surface area (Å²) in [5, 5.41) is 3.04. The third-order valence-corrected chi connectivity index (χ3v) is 1.69. The van der Waals surface area contributed by atoms with E-state index in [9.17, 15) is 4.79 Å². The van der Waals surface area contributed by atoms with Crippen molar-refractivity contribution in [3.63, 3.8) is 0 Å². The molecule has 0 amide bonds. The minimum absolute atomic E-state index is 0.00167. The number of carbonyl (C=O) groups is 1. The molecule has 1 N–H and O–H groups in total. The first-order valence-corrected chi connectivity index (χ1v) is 4.42. The van der Waals surface area contributed by atoms with Crippen LogP contribution in [-0.2, 0) is 0 Å². The van der Waals surface area contributed by atoms with Crippen LogP contribution in [0.2, 0.25) is 0 Å². The van der Waals surface area contributed by atoms with Crippen LogP contribution in [0.3, 0.4) is 0 Å². The van der Waals surface area contributed by atoms with E-state index < -0.39 is 0 Å². The zero-order chi connectivity index (χ0) is 9.84. The Kier molecular flexibility index (Phi) is 3.25. The molecule has 0 aliphatic rings. The maximum atomic E-state index is 11.4. The first-order chi connectivity index (χ1) is 6.09. The van der Waals surface area contributed by atoms with Gasteiger partial charge in [0.1, 0.15) is 5.76 Å². The van der Waals surface area contributed by atoms with Gasteiger partial charge in [-0.15, -0.1) is 0 Å². The Morgan fingerprint density at radius 1 is 1.54 bits per heavy atom. The molecule has 0 aliphatic heterocycles. The number of hydrogen-bond acceptors (Lipinski definition) is 3. The number of nitrogens with one attached hydrogen (secondary N) is 1. The highest BCUT2D eigenvalue weighted by molar-refractivity contribution is 5.95. The van der Waals surface area contributed by atoms with Crippen LogP contribution in [0, 0.1) is 6.92 Å². The summed E-state index contributed by atoms with van der Waals surface area (Å²) < 4.78 is 5.19. The average molecular weight is 181 g/mol. The van der Waals surface area contributed by atoms with Gasteiger partial charge in [0.15, 0.2) is 5.76 Å². The fourth-order valence-corrected chi connectivity index (χ4v) is 0.968. The number of furan rings is 1. The largest absolute Gasteiger partial charge is 0.458 e. The molecule has 0 spiro atoms. The molecular formula is C10H15NO2. The first-order valence-electron chi connectivity index (χ1n) is 4.42. The second kappa shape index (κ2) is 4.23. The summed E-state index contributed by atoms with van der Waals surface area (Å²) >= 11 is 0. The lowest BCUT2D eigenvalue weighted by atomic mass is 10.3. The van der Waals surface area contributed by atoms with Crippen LogP contribution < -0.4 is 5.32 Å². The summed E-state index contributed by atoms with van der Waals surface area (Å²) in [6.45, 7) is 6.17. The number of Topliss-reactive ketones (excluding diaryl/α,β-unsaturated/α-hetero) is 1. The Morgan fingerprint density at radius 3 is 2.69 bits per heavy atom. The SMILES string of the molecule is Cc1ccc(C(=O)CNC(C)C)o1. The minimum atomic E-state index is 0.00167. The van der Waals surface area contributed by atoms with E-state index in [1.807, 2.05) is 20.8 Å². The van der Waals surface area contributed by atoms with Crippen molar-refractivity contribution in [3.8, 4) is 0 Å². The van der Waals surface area contributed by atoms with Gasteiger partial charge in [-0.2, -0.15) is 0 Å². The molecule has 72 valence electrons. The van der Waals surface area contributed by atoms with Crippen molar-refractivity contribution < 1.29 is 9.21 Å². The second-order valence-corrected chi connectivity index (χ2v) is 3.37. The predicted molar refractivity (Wildman–Crippen MR) is 50.9 cm³/mol. The predicted octanol–water partition coefficient (Wildman–Crippen LogP) is 1.77. The standard InChI is InChI=1S/C10H15NO2/c1-7(2)11-6-9(12)10-5-4-8(3)13-10/h4-5,7,11H,6H2,1-3H3. The Bertz CT molecular complexity index is 289. The molecule has 1 aromatic heterocycles. The molecular weight excluding hydrogens is 166 g/mol. The van der Waals surface area contributed by atoms with E-state index in [4.69, 9.17) is 4.42 Å². The highest BCUT2D eigenvalue weighted by Crippen LogP contribution is 2.06. The van der Waals surface area contributed by atoms with Crippen LogP contribution in [0.1, 0.15) is 30.2 Å². The Morgan fingerprint density at radius 2 is 2.23 bits per heavy atom. The van der Waals surface area contributed by atoms with Crippen molar-refractivity contribution in [1.82, 2.24) is 5.32 Å². The van der Waals surface area contributed by atoms with E-state index in [1.54, 1.807) is 12.1 Å². The second-order valence-electron chi connectivity index (χ2n) is 3.37. The van der Waals surface area contributed by atoms with E-state index in [-0.39, 0.29) is 5.78 Å². The average Bonchev–Trinajstić information content (AvgIpc) is 2.47. The summed E-state index contributed by atoms with van der Waals surface area (Å²) in [5.41, 5.74) is 0. The molecule has 0 aliphatic carbocycles. The lowest BCUT2D eigenvalue weighted by Crippen LogP contribution is -2.28. The molecule has 1 rings (SSSR count). The molecule has 0 saturated carbocycles. The number of carbonyl (C=O) groups excluding carboxylic acids is 1. The van der Waals surface area contributed by atoms with Gasteiger partial charge in [0.25, 0.3) is 0 Å². The maximum Gasteiger partial charge on any atom is 0.211 e. The van der Waals surface area contributed by atoms with Gasteiger partial charge < -0.3 is 9.73 Å². The normalized spacial score (nSPS) is 10.8. The van der Waals surface area contributed by atoms with Crippen molar-refractivity contribution in [2.24, 2.45) is 0 Å². The third-order valence-electron chi connectivity index (χ3n) is 1.69. The van der Waals surface area contributed by atoms with E-state index in [0.29, 0.717) is 18.3 Å². The quantitative estimate of drug-likeness (QED) is 0.720. The minimum Gasteiger partial charge on any atom is -0.458 e. The molecule has 0 bridgehead atoms. The van der Waals surface area contributed by atoms with E-state index >= 15 is 0 Å². The van der Waals surface area contributed by atoms with Crippen LogP contribution in [0.25, 0.3) is 0 Å². The lowest BCUT2D eigenvalue weighted by molar-refractivity contribution is 0.0960. The van der Waals surface area contributed by atoms with Crippen molar-refractivity contribution in [3.05, 3.63) is 23.7 Å². The fourth-order valence-electron chi connectivity index (χ4n) is 0.968. The van der Waals surface area contributed by atoms with Crippen molar-refractivity contribution in [1.29, 1.82) is 0 Å². The van der Waals surface area contributed by atoms with Crippen LogP contribution in [0.5, 0.6) is 0 Å². The summed E-state index contributed by atoms with van der Waals surface area (Å²) in [7, 11) is 0. The van der Waals surface area contributed by atoms with Gasteiger partial charge in [0.2, 0.25) is 5.78 Å². The molecule has 0 aromatic carbocycles. The van der Waals surface area contributed by atoms with E-state index in [1.165, 1.54) is 0 Å². The Hall–Kier alpha value is -1.09. The number of hydrogen-bond donors (Lipinski definition) is 1. The van der Waals surface area contributed by atoms with Gasteiger partial charge in [0.05, 0.1) is 6.54 Å². The smallest absolute Gasteiger partial charge is 0.211 e. The fraction of sp³-hybridized carbons (Fsp3) is 0.500. The van der Waals surface area contributed by atoms with Crippen molar-refractivity contribution >= 4 is 5.78 Å². The van der Waals surface area contributed by atoms with Gasteiger partial charge in [-0.05, 0) is 19.1 Å². The topological polar surface area (TPSA) is 42.2 Å². The first kappa shape index (κ1) is 9.99. The van der Waals surface area contributed by atoms with Crippen molar-refractivity contribution in [2.45, 2.75) is 26.8 Å². The zero-order valence-corrected chi connectivity index (χ0v) is 8.26. The van der Waals surface area contributed by atoms with Gasteiger partial charge in [-0.1, -0.05) is 13.8 Å². The monoisotopic (exact) mass is 181 g/mol. The molecule has 1 heterocycles. The van der Waals surface area contributed by atoms with Gasteiger partial charge in [0, 0.05) is 6.04 Å². The summed E-state index contributed by atoms with van der Waals surface area (Å²) in [5.74, 6) is 1.21. The van der Waals surface area contributed by atoms with Crippen LogP contribution in [0.15, 0.2) is 16.5 Å². The lowest BCUT2D eigenvalue weighted by Gasteiger charge is -2.04. The van der Waals surface area contributed by atoms with Crippen LogP contribution in [-0.4, -0.2) is 18.4 Å². The number of rotatable bonds is 4. The summed E-state index contributed by atoms with van der Waals surface area (Å²) in [4.78, 5) is 11.4. The number of ketones is 1. The Labute approximate surface area is 78.1 Å². The molecule has 3 nitrogen and oxygen atoms in total. The molecule has 0 atom stereocenters. The molecule has 3 heteroatoms. The molecule has 13 heavy (non-hydrogen) atoms. The molecule has 0 unspecified atom stereocenters. The zero-order valence-electron chi connectivity index (χ0n) is 8.26. The molecule has 0 saturated heterocycles. The third kappa shape index (κ3) is 3.03. The summed E-state index contributed by atoms with van der Waals surface area (Å²) in [6.07, 6.45) is 0. The molecule has 1 aromatic rings. The highest BCUT2D eigenvalue weighted by Gasteiger charge is 2.09. The van der Waals surface area contributed by atoms with Gasteiger partial charge >= 0.3 is 0 Å². The molecule has 0 fully saturated rings. The van der Waals surface area contributed by atoms with Gasteiger partial charge in [-0.25, -0.2) is 0 Å². The molecule has 0 radical (unpaired) electrons. The highest BCUT2D eigenvalue weighted by atomic mass is 16.3. The Balaban J connectivity index is 2.49. The van der Waals surface area contributed by atoms with Crippen LogP contribution >= 0.6 is 0 Å². The summed E-state index contributed by atoms with van der Waals surface area (Å²) in [6, 6.07) is 3.82. The van der Waals surface area contributed by atoms with Crippen LogP contribution in [0.4, 0.5) is 0 Å². The number of aryl methyl sites for hydroxylation is 1.